The van der Waals surface area contributed by atoms with Crippen molar-refractivity contribution in [3.05, 3.63) is 35.4 Å². The molecule has 0 aliphatic carbocycles. The molecule has 162 valence electrons. The Labute approximate surface area is 173 Å². The first-order valence-electron chi connectivity index (χ1n) is 10.4. The number of hydrogen-bond donors (Lipinski definition) is 1. The zero-order chi connectivity index (χ0) is 21.2. The Morgan fingerprint density at radius 1 is 1.24 bits per heavy atom. The molecule has 1 unspecified atom stereocenters. The molecule has 1 aromatic rings. The van der Waals surface area contributed by atoms with Gasteiger partial charge in [-0.2, -0.15) is 0 Å². The maximum atomic E-state index is 13.2. The van der Waals surface area contributed by atoms with Crippen molar-refractivity contribution in [2.45, 2.75) is 64.3 Å². The van der Waals surface area contributed by atoms with Gasteiger partial charge in [-0.15, -0.1) is 0 Å². The van der Waals surface area contributed by atoms with Gasteiger partial charge in [-0.1, -0.05) is 38.0 Å². The molecule has 1 heterocycles. The van der Waals surface area contributed by atoms with E-state index in [1.807, 2.05) is 36.1 Å². The molecule has 0 saturated carbocycles. The van der Waals surface area contributed by atoms with E-state index < -0.39 is 18.1 Å². The number of benzene rings is 1. The third-order valence-corrected chi connectivity index (χ3v) is 5.29. The van der Waals surface area contributed by atoms with Crippen molar-refractivity contribution in [2.24, 2.45) is 5.73 Å². The summed E-state index contributed by atoms with van der Waals surface area (Å²) in [5.74, 6) is -0.488. The van der Waals surface area contributed by atoms with Gasteiger partial charge in [0.05, 0.1) is 12.2 Å². The van der Waals surface area contributed by atoms with Gasteiger partial charge >= 0.3 is 0 Å². The van der Waals surface area contributed by atoms with Crippen LogP contribution in [0.1, 0.15) is 68.0 Å². The van der Waals surface area contributed by atoms with E-state index in [0.29, 0.717) is 25.1 Å². The average Bonchev–Trinajstić information content (AvgIpc) is 2.74. The van der Waals surface area contributed by atoms with Crippen LogP contribution in [0, 0.1) is 0 Å². The van der Waals surface area contributed by atoms with Gasteiger partial charge in [0.2, 0.25) is 5.91 Å². The molecule has 1 aliphatic heterocycles. The predicted molar refractivity (Wildman–Crippen MR) is 110 cm³/mol. The highest BCUT2D eigenvalue weighted by molar-refractivity contribution is 5.96. The van der Waals surface area contributed by atoms with Crippen molar-refractivity contribution in [1.82, 2.24) is 4.90 Å². The first-order chi connectivity index (χ1) is 14.0. The Hall–Kier alpha value is -1.96. The first kappa shape index (κ1) is 23.3. The molecule has 1 aromatic carbocycles. The van der Waals surface area contributed by atoms with Crippen molar-refractivity contribution in [2.75, 3.05) is 27.0 Å². The molecule has 2 rings (SSSR count). The molecule has 7 nitrogen and oxygen atoms in total. The van der Waals surface area contributed by atoms with Gasteiger partial charge in [-0.25, -0.2) is 0 Å². The second-order valence-electron chi connectivity index (χ2n) is 7.46. The quantitative estimate of drug-likeness (QED) is 0.571. The minimum Gasteiger partial charge on any atom is -0.367 e. The van der Waals surface area contributed by atoms with E-state index in [0.717, 1.165) is 31.2 Å². The summed E-state index contributed by atoms with van der Waals surface area (Å²) in [6.07, 6.45) is 3.03. The Balaban J connectivity index is 2.05. The van der Waals surface area contributed by atoms with Crippen LogP contribution in [0.25, 0.3) is 0 Å². The molecule has 0 radical (unpaired) electrons. The molecule has 1 aliphatic rings. The minimum atomic E-state index is -0.651. The Kier molecular flexibility index (Phi) is 9.57. The molecule has 29 heavy (non-hydrogen) atoms. The number of unbranched alkanes of at least 4 members (excludes halogenated alkanes) is 1. The molecule has 0 spiro atoms. The lowest BCUT2D eigenvalue weighted by Gasteiger charge is -2.32. The zero-order valence-electron chi connectivity index (χ0n) is 17.8. The SMILES string of the molecule is CCCCC(O[C@@H](C)c1ccccc1C(=O)N1CCC(OCOC)CC1)C(N)=O. The van der Waals surface area contributed by atoms with Gasteiger partial charge in [-0.05, 0) is 37.8 Å². The van der Waals surface area contributed by atoms with Gasteiger partial charge in [0.25, 0.3) is 5.91 Å². The molecule has 1 saturated heterocycles. The fourth-order valence-electron chi connectivity index (χ4n) is 3.59. The number of amides is 2. The number of likely N-dealkylation sites (tertiary alicyclic amines) is 1. The van der Waals surface area contributed by atoms with Gasteiger partial charge < -0.3 is 24.8 Å². The van der Waals surface area contributed by atoms with Gasteiger partial charge in [0.1, 0.15) is 12.9 Å². The molecule has 2 N–H and O–H groups in total. The molecule has 2 atom stereocenters. The van der Waals surface area contributed by atoms with E-state index >= 15 is 0 Å². The topological polar surface area (TPSA) is 91.1 Å². The summed E-state index contributed by atoms with van der Waals surface area (Å²) in [5.41, 5.74) is 6.89. The molecular weight excluding hydrogens is 372 g/mol. The number of rotatable bonds is 11. The van der Waals surface area contributed by atoms with Crippen LogP contribution in [-0.2, 0) is 19.0 Å². The second kappa shape index (κ2) is 11.9. The molecule has 7 heteroatoms. The first-order valence-corrected chi connectivity index (χ1v) is 10.4. The Morgan fingerprint density at radius 3 is 2.55 bits per heavy atom. The minimum absolute atomic E-state index is 0.0228. The van der Waals surface area contributed by atoms with Crippen molar-refractivity contribution in [3.8, 4) is 0 Å². The van der Waals surface area contributed by atoms with Gasteiger partial charge in [-0.3, -0.25) is 9.59 Å². The third kappa shape index (κ3) is 6.80. The van der Waals surface area contributed by atoms with Crippen molar-refractivity contribution >= 4 is 11.8 Å². The number of ether oxygens (including phenoxy) is 3. The van der Waals surface area contributed by atoms with Crippen LogP contribution in [0.4, 0.5) is 0 Å². The van der Waals surface area contributed by atoms with Crippen LogP contribution in [0.3, 0.4) is 0 Å². The Bertz CT molecular complexity index is 658. The van der Waals surface area contributed by atoms with E-state index in [1.54, 1.807) is 7.11 Å². The van der Waals surface area contributed by atoms with E-state index in [-0.39, 0.29) is 18.8 Å². The monoisotopic (exact) mass is 406 g/mol. The molecular formula is C22H34N2O5. The molecule has 0 bridgehead atoms. The predicted octanol–water partition coefficient (Wildman–Crippen LogP) is 3.03. The smallest absolute Gasteiger partial charge is 0.254 e. The Morgan fingerprint density at radius 2 is 1.93 bits per heavy atom. The standard InChI is InChI=1S/C22H34N2O5/c1-4-5-10-20(21(23)25)29-16(2)18-8-6-7-9-19(18)22(26)24-13-11-17(12-14-24)28-15-27-3/h6-9,16-17,20H,4-5,10-15H2,1-3H3,(H2,23,25)/t16-,20?/m0/s1. The molecule has 0 aromatic heterocycles. The van der Waals surface area contributed by atoms with Crippen LogP contribution in [0.5, 0.6) is 0 Å². The summed E-state index contributed by atoms with van der Waals surface area (Å²) in [5, 5.41) is 0. The highest BCUT2D eigenvalue weighted by Gasteiger charge is 2.27. The number of piperidine rings is 1. The largest absolute Gasteiger partial charge is 0.367 e. The number of primary amides is 1. The highest BCUT2D eigenvalue weighted by atomic mass is 16.7. The number of nitrogens with zero attached hydrogens (tertiary/aromatic N) is 1. The van der Waals surface area contributed by atoms with E-state index in [2.05, 4.69) is 6.92 Å². The van der Waals surface area contributed by atoms with Crippen molar-refractivity contribution < 1.29 is 23.8 Å². The van der Waals surface area contributed by atoms with Crippen LogP contribution in [0.2, 0.25) is 0 Å². The second-order valence-corrected chi connectivity index (χ2v) is 7.46. The van der Waals surface area contributed by atoms with E-state index in [1.165, 1.54) is 0 Å². The van der Waals surface area contributed by atoms with Gasteiger partial charge in [0, 0.05) is 25.8 Å². The van der Waals surface area contributed by atoms with Crippen LogP contribution >= 0.6 is 0 Å². The normalized spacial score (nSPS) is 17.1. The lowest BCUT2D eigenvalue weighted by Crippen LogP contribution is -2.41. The molecule has 1 fully saturated rings. The fourth-order valence-corrected chi connectivity index (χ4v) is 3.59. The average molecular weight is 407 g/mol. The number of carbonyl (C=O) groups excluding carboxylic acids is 2. The summed E-state index contributed by atoms with van der Waals surface area (Å²) in [7, 11) is 1.60. The number of carbonyl (C=O) groups is 2. The zero-order valence-corrected chi connectivity index (χ0v) is 17.8. The van der Waals surface area contributed by atoms with E-state index in [4.69, 9.17) is 19.9 Å². The lowest BCUT2D eigenvalue weighted by molar-refractivity contribution is -0.133. The van der Waals surface area contributed by atoms with Crippen molar-refractivity contribution in [3.63, 3.8) is 0 Å². The third-order valence-electron chi connectivity index (χ3n) is 5.29. The summed E-state index contributed by atoms with van der Waals surface area (Å²) in [6, 6.07) is 7.42. The maximum absolute atomic E-state index is 13.2. The highest BCUT2D eigenvalue weighted by Crippen LogP contribution is 2.26. The van der Waals surface area contributed by atoms with Crippen LogP contribution in [-0.4, -0.2) is 55.9 Å². The number of hydrogen-bond acceptors (Lipinski definition) is 5. The van der Waals surface area contributed by atoms with Crippen molar-refractivity contribution in [1.29, 1.82) is 0 Å². The van der Waals surface area contributed by atoms with Crippen LogP contribution in [0.15, 0.2) is 24.3 Å². The number of nitrogens with two attached hydrogens (primary N) is 1. The fraction of sp³-hybridized carbons (Fsp3) is 0.636. The van der Waals surface area contributed by atoms with Gasteiger partial charge in [0.15, 0.2) is 0 Å². The lowest BCUT2D eigenvalue weighted by atomic mass is 10.00. The molecule has 2 amide bonds. The summed E-state index contributed by atoms with van der Waals surface area (Å²) < 4.78 is 16.5. The summed E-state index contributed by atoms with van der Waals surface area (Å²) >= 11 is 0. The van der Waals surface area contributed by atoms with E-state index in [9.17, 15) is 9.59 Å². The maximum Gasteiger partial charge on any atom is 0.254 e. The number of methoxy groups -OCH3 is 1. The summed E-state index contributed by atoms with van der Waals surface area (Å²) in [6.45, 7) is 5.46. The van der Waals surface area contributed by atoms with Crippen LogP contribution < -0.4 is 5.73 Å². The summed E-state index contributed by atoms with van der Waals surface area (Å²) in [4.78, 5) is 26.7.